The van der Waals surface area contributed by atoms with Crippen molar-refractivity contribution in [3.05, 3.63) is 90.0 Å². The summed E-state index contributed by atoms with van der Waals surface area (Å²) in [5, 5.41) is 21.0. The smallest absolute Gasteiger partial charge is 0.313 e. The Morgan fingerprint density at radius 2 is 1.20 bits per heavy atom. The summed E-state index contributed by atoms with van der Waals surface area (Å²) in [4.78, 5) is 53.0. The van der Waals surface area contributed by atoms with E-state index in [0.717, 1.165) is 62.5 Å². The largest absolute Gasteiger partial charge is 0.497 e. The van der Waals surface area contributed by atoms with Crippen LogP contribution in [0.2, 0.25) is 0 Å². The van der Waals surface area contributed by atoms with Crippen LogP contribution in [0.1, 0.15) is 113 Å². The number of carbonyl (C=O) groups excluding carboxylic acids is 4. The Balaban J connectivity index is 1.02. The summed E-state index contributed by atoms with van der Waals surface area (Å²) >= 11 is 0. The van der Waals surface area contributed by atoms with Crippen LogP contribution >= 0.6 is 0 Å². The van der Waals surface area contributed by atoms with Crippen molar-refractivity contribution < 1.29 is 38.9 Å². The Morgan fingerprint density at radius 1 is 0.706 bits per heavy atom. The van der Waals surface area contributed by atoms with E-state index in [2.05, 4.69) is 0 Å². The van der Waals surface area contributed by atoms with Crippen molar-refractivity contribution in [2.45, 2.75) is 114 Å². The van der Waals surface area contributed by atoms with E-state index >= 15 is 0 Å². The van der Waals surface area contributed by atoms with E-state index in [0.29, 0.717) is 44.5 Å². The topological polar surface area (TPSA) is 134 Å². The first-order valence-electron chi connectivity index (χ1n) is 18.5. The average molecular weight is 703 g/mol. The van der Waals surface area contributed by atoms with Crippen molar-refractivity contribution in [1.29, 1.82) is 0 Å². The molecule has 4 rings (SSSR count). The normalized spacial score (nSPS) is 19.0. The highest BCUT2D eigenvalue weighted by atomic mass is 16.6. The zero-order valence-corrected chi connectivity index (χ0v) is 29.9. The van der Waals surface area contributed by atoms with E-state index in [9.17, 15) is 29.4 Å². The van der Waals surface area contributed by atoms with Crippen molar-refractivity contribution >= 4 is 23.8 Å². The third-order valence-corrected chi connectivity index (χ3v) is 9.64. The molecule has 10 nitrogen and oxygen atoms in total. The second kappa shape index (κ2) is 21.2. The summed E-state index contributed by atoms with van der Waals surface area (Å²) in [7, 11) is 1.58. The number of nitrogens with zero attached hydrogens (tertiary/aromatic N) is 2. The molecule has 0 radical (unpaired) electrons. The summed E-state index contributed by atoms with van der Waals surface area (Å²) in [6.45, 7) is 1.26. The van der Waals surface area contributed by atoms with Crippen molar-refractivity contribution in [1.82, 2.24) is 9.80 Å². The molecule has 2 amide bonds. The number of amides is 2. The number of methoxy groups -OCH3 is 1. The minimum atomic E-state index is -0.785. The third-order valence-electron chi connectivity index (χ3n) is 9.64. The Morgan fingerprint density at radius 3 is 1.73 bits per heavy atom. The van der Waals surface area contributed by atoms with Gasteiger partial charge >= 0.3 is 11.9 Å². The second-order valence-corrected chi connectivity index (χ2v) is 13.4. The van der Waals surface area contributed by atoms with E-state index in [4.69, 9.17) is 9.47 Å². The van der Waals surface area contributed by atoms with Gasteiger partial charge < -0.3 is 29.5 Å². The highest BCUT2D eigenvalue weighted by molar-refractivity contribution is 5.85. The predicted molar refractivity (Wildman–Crippen MR) is 194 cm³/mol. The van der Waals surface area contributed by atoms with E-state index in [1.807, 2.05) is 70.5 Å². The zero-order chi connectivity index (χ0) is 36.4. The van der Waals surface area contributed by atoms with Crippen LogP contribution in [-0.2, 0) is 23.9 Å². The molecule has 2 fully saturated rings. The zero-order valence-electron chi connectivity index (χ0n) is 29.9. The molecule has 2 unspecified atom stereocenters. The minimum absolute atomic E-state index is 0.0155. The van der Waals surface area contributed by atoms with Crippen LogP contribution in [0.15, 0.2) is 78.9 Å². The van der Waals surface area contributed by atoms with E-state index in [-0.39, 0.29) is 36.7 Å². The fourth-order valence-electron chi connectivity index (χ4n) is 6.70. The molecule has 0 spiro atoms. The minimum Gasteiger partial charge on any atom is -0.497 e. The summed E-state index contributed by atoms with van der Waals surface area (Å²) < 4.78 is 10.2. The maximum Gasteiger partial charge on any atom is 0.313 e. The summed E-state index contributed by atoms with van der Waals surface area (Å²) in [6.07, 6.45) is 14.9. The molecule has 2 heterocycles. The maximum atomic E-state index is 12.5. The lowest BCUT2D eigenvalue weighted by Gasteiger charge is -2.22. The highest BCUT2D eigenvalue weighted by Crippen LogP contribution is 2.25. The molecular formula is C41H54N2O8. The summed E-state index contributed by atoms with van der Waals surface area (Å²) in [6, 6.07) is 16.6. The molecule has 2 saturated heterocycles. The molecule has 0 aliphatic carbocycles. The number of ether oxygens (including phenoxy) is 2. The van der Waals surface area contributed by atoms with Crippen LogP contribution in [0.5, 0.6) is 5.75 Å². The number of likely N-dealkylation sites (tertiary alicyclic amines) is 2. The van der Waals surface area contributed by atoms with Crippen molar-refractivity contribution in [2.75, 3.05) is 20.2 Å². The number of hydrogen-bond donors (Lipinski definition) is 2. The Kier molecular flexibility index (Phi) is 16.4. The van der Waals surface area contributed by atoms with E-state index in [1.54, 1.807) is 25.3 Å². The Bertz CT molecular complexity index is 1480. The van der Waals surface area contributed by atoms with Gasteiger partial charge in [0.05, 0.1) is 31.4 Å². The molecule has 2 aromatic rings. The molecule has 2 aliphatic heterocycles. The van der Waals surface area contributed by atoms with Gasteiger partial charge in [-0.05, 0) is 61.8 Å². The number of esters is 2. The number of hydrogen-bond acceptors (Lipinski definition) is 8. The first kappa shape index (κ1) is 39.5. The van der Waals surface area contributed by atoms with E-state index in [1.165, 1.54) is 0 Å². The van der Waals surface area contributed by atoms with Crippen LogP contribution in [-0.4, -0.2) is 76.0 Å². The van der Waals surface area contributed by atoms with Crippen LogP contribution < -0.4 is 4.74 Å². The van der Waals surface area contributed by atoms with E-state index < -0.39 is 24.1 Å². The average Bonchev–Trinajstić information content (AvgIpc) is 3.68. The van der Waals surface area contributed by atoms with Gasteiger partial charge in [-0.3, -0.25) is 19.2 Å². The fraction of sp³-hybridized carbons (Fsp3) is 0.512. The van der Waals surface area contributed by atoms with Gasteiger partial charge in [-0.2, -0.15) is 0 Å². The van der Waals surface area contributed by atoms with Crippen LogP contribution in [0.3, 0.4) is 0 Å². The SMILES string of the molecule is COc1cccc(C(O)C=C[C@H]2CCC(=O)N2CCCCCCC(=O)OC(=O)CCCCCCN2C(=O)CC[C@@H]2C=CC(O)c2ccccc2)c1. The maximum absolute atomic E-state index is 12.5. The molecule has 2 aromatic carbocycles. The lowest BCUT2D eigenvalue weighted by Crippen LogP contribution is -2.32. The molecule has 2 aliphatic rings. The molecule has 4 atom stereocenters. The standard InChI is InChI=1S/C41H54N2O8/c1-50-35-17-13-16-32(30-35)37(45)25-21-34-23-27-39(47)43(34)29-12-5-3-10-19-41(49)51-40(48)18-9-2-4-11-28-42-33(22-26-38(42)46)20-24-36(44)31-14-7-6-8-15-31/h6-8,13-17,20-21,24-25,30,33-34,36-37,44-45H,2-5,9-12,18-19,22-23,26-29H2,1H3/t33-,34-,36?,37?/m0/s1. The lowest BCUT2D eigenvalue weighted by atomic mass is 10.1. The molecule has 276 valence electrons. The molecule has 10 heteroatoms. The first-order valence-corrected chi connectivity index (χ1v) is 18.5. The van der Waals surface area contributed by atoms with Crippen LogP contribution in [0, 0.1) is 0 Å². The van der Waals surface area contributed by atoms with Gasteiger partial charge in [0.25, 0.3) is 0 Å². The van der Waals surface area contributed by atoms with Gasteiger partial charge in [0.15, 0.2) is 0 Å². The molecule has 0 bridgehead atoms. The van der Waals surface area contributed by atoms with Gasteiger partial charge in [0, 0.05) is 38.8 Å². The third kappa shape index (κ3) is 13.1. The number of carbonyl (C=O) groups is 4. The number of aliphatic hydroxyl groups excluding tert-OH is 2. The first-order chi connectivity index (χ1) is 24.7. The number of benzene rings is 2. The predicted octanol–water partition coefficient (Wildman–Crippen LogP) is 6.53. The monoisotopic (exact) mass is 702 g/mol. The Labute approximate surface area is 302 Å². The van der Waals surface area contributed by atoms with Crippen molar-refractivity contribution in [3.8, 4) is 5.75 Å². The van der Waals surface area contributed by atoms with Gasteiger partial charge in [0.2, 0.25) is 11.8 Å². The summed E-state index contributed by atoms with van der Waals surface area (Å²) in [5.74, 6) is -0.0852. The number of aliphatic hydroxyl groups is 2. The number of rotatable bonds is 21. The fourth-order valence-corrected chi connectivity index (χ4v) is 6.70. The van der Waals surface area contributed by atoms with Gasteiger partial charge in [-0.1, -0.05) is 92.5 Å². The second-order valence-electron chi connectivity index (χ2n) is 13.4. The molecule has 2 N–H and O–H groups in total. The van der Waals surface area contributed by atoms with Gasteiger partial charge in [0.1, 0.15) is 5.75 Å². The van der Waals surface area contributed by atoms with Gasteiger partial charge in [-0.15, -0.1) is 0 Å². The van der Waals surface area contributed by atoms with Gasteiger partial charge in [-0.25, -0.2) is 0 Å². The summed E-state index contributed by atoms with van der Waals surface area (Å²) in [5.41, 5.74) is 1.54. The quantitative estimate of drug-likeness (QED) is 0.0650. The molecule has 0 aromatic heterocycles. The highest BCUT2D eigenvalue weighted by Gasteiger charge is 2.29. The molecule has 0 saturated carbocycles. The Hall–Kier alpha value is -4.28. The van der Waals surface area contributed by atoms with Crippen molar-refractivity contribution in [2.24, 2.45) is 0 Å². The van der Waals surface area contributed by atoms with Crippen molar-refractivity contribution in [3.63, 3.8) is 0 Å². The van der Waals surface area contributed by atoms with Crippen LogP contribution in [0.4, 0.5) is 0 Å². The molecular weight excluding hydrogens is 648 g/mol. The van der Waals surface area contributed by atoms with Crippen LogP contribution in [0.25, 0.3) is 0 Å². The number of unbranched alkanes of at least 4 members (excludes halogenated alkanes) is 6. The molecule has 51 heavy (non-hydrogen) atoms. The lowest BCUT2D eigenvalue weighted by molar-refractivity contribution is -0.159.